The minimum atomic E-state index is -0.864. The smallest absolute Gasteiger partial charge is 0.251 e. The molecule has 2 N–H and O–H groups in total. The SMILES string of the molecule is N#CC1(NC(=O)C(CNC(=O)c2ccncc2)C2CCCCC2)CCOCC1. The van der Waals surface area contributed by atoms with E-state index < -0.39 is 5.54 Å². The van der Waals surface area contributed by atoms with Crippen LogP contribution in [0.2, 0.25) is 0 Å². The second kappa shape index (κ2) is 9.65. The number of nitriles is 1. The molecule has 2 amide bonds. The van der Waals surface area contributed by atoms with Gasteiger partial charge in [-0.25, -0.2) is 0 Å². The van der Waals surface area contributed by atoms with Crippen molar-refractivity contribution in [3.05, 3.63) is 30.1 Å². The fourth-order valence-electron chi connectivity index (χ4n) is 4.13. The van der Waals surface area contributed by atoms with E-state index in [1.165, 1.54) is 6.42 Å². The number of amides is 2. The second-order valence-corrected chi connectivity index (χ2v) is 7.75. The van der Waals surface area contributed by atoms with E-state index in [9.17, 15) is 14.9 Å². The summed E-state index contributed by atoms with van der Waals surface area (Å²) < 4.78 is 5.35. The maximum atomic E-state index is 13.2. The van der Waals surface area contributed by atoms with E-state index in [2.05, 4.69) is 21.7 Å². The Kier molecular flexibility index (Phi) is 6.99. The van der Waals surface area contributed by atoms with Gasteiger partial charge in [-0.2, -0.15) is 5.26 Å². The zero-order valence-corrected chi connectivity index (χ0v) is 16.2. The van der Waals surface area contributed by atoms with Crippen molar-refractivity contribution in [1.82, 2.24) is 15.6 Å². The Morgan fingerprint density at radius 1 is 1.21 bits per heavy atom. The monoisotopic (exact) mass is 384 g/mol. The molecule has 1 aromatic rings. The zero-order valence-electron chi connectivity index (χ0n) is 16.2. The van der Waals surface area contributed by atoms with Gasteiger partial charge in [0.2, 0.25) is 5.91 Å². The van der Waals surface area contributed by atoms with Crippen LogP contribution in [-0.2, 0) is 9.53 Å². The summed E-state index contributed by atoms with van der Waals surface area (Å²) >= 11 is 0. The van der Waals surface area contributed by atoms with Crippen LogP contribution in [0.4, 0.5) is 0 Å². The van der Waals surface area contributed by atoms with Crippen molar-refractivity contribution < 1.29 is 14.3 Å². The van der Waals surface area contributed by atoms with Gasteiger partial charge in [0.05, 0.1) is 12.0 Å². The summed E-state index contributed by atoms with van der Waals surface area (Å²) in [5.41, 5.74) is -0.340. The van der Waals surface area contributed by atoms with Crippen LogP contribution in [0.1, 0.15) is 55.3 Å². The molecule has 1 aliphatic carbocycles. The van der Waals surface area contributed by atoms with Gasteiger partial charge in [0, 0.05) is 50.6 Å². The molecule has 7 heteroatoms. The van der Waals surface area contributed by atoms with Gasteiger partial charge in [-0.15, -0.1) is 0 Å². The number of carbonyl (C=O) groups excluding carboxylic acids is 2. The van der Waals surface area contributed by atoms with E-state index in [0.29, 0.717) is 31.6 Å². The number of hydrogen-bond donors (Lipinski definition) is 2. The Morgan fingerprint density at radius 3 is 2.54 bits per heavy atom. The molecule has 0 aromatic carbocycles. The molecule has 0 bridgehead atoms. The predicted octanol–water partition coefficient (Wildman–Crippen LogP) is 2.20. The van der Waals surface area contributed by atoms with Gasteiger partial charge in [0.1, 0.15) is 5.54 Å². The fourth-order valence-corrected chi connectivity index (χ4v) is 4.13. The second-order valence-electron chi connectivity index (χ2n) is 7.75. The first-order chi connectivity index (χ1) is 13.6. The van der Waals surface area contributed by atoms with Crippen molar-refractivity contribution in [2.75, 3.05) is 19.8 Å². The summed E-state index contributed by atoms with van der Waals surface area (Å²) in [4.78, 5) is 29.5. The van der Waals surface area contributed by atoms with Crippen LogP contribution < -0.4 is 10.6 Å². The third-order valence-electron chi connectivity index (χ3n) is 5.90. The van der Waals surface area contributed by atoms with Crippen molar-refractivity contribution in [2.45, 2.75) is 50.5 Å². The van der Waals surface area contributed by atoms with Gasteiger partial charge in [-0.1, -0.05) is 19.3 Å². The molecule has 2 heterocycles. The highest BCUT2D eigenvalue weighted by molar-refractivity contribution is 5.94. The predicted molar refractivity (Wildman–Crippen MR) is 103 cm³/mol. The number of ether oxygens (including phenoxy) is 1. The van der Waals surface area contributed by atoms with Crippen molar-refractivity contribution in [3.63, 3.8) is 0 Å². The number of nitrogens with zero attached hydrogens (tertiary/aromatic N) is 2. The van der Waals surface area contributed by atoms with Crippen molar-refractivity contribution in [1.29, 1.82) is 5.26 Å². The summed E-state index contributed by atoms with van der Waals surface area (Å²) in [5.74, 6) is -0.455. The molecule has 28 heavy (non-hydrogen) atoms. The molecule has 3 rings (SSSR count). The number of nitrogens with one attached hydrogen (secondary N) is 2. The molecule has 1 aliphatic heterocycles. The minimum absolute atomic E-state index is 0.134. The van der Waals surface area contributed by atoms with Crippen molar-refractivity contribution in [3.8, 4) is 6.07 Å². The lowest BCUT2D eigenvalue weighted by atomic mass is 9.78. The van der Waals surface area contributed by atoms with E-state index in [1.807, 2.05) is 0 Å². The van der Waals surface area contributed by atoms with Gasteiger partial charge < -0.3 is 15.4 Å². The van der Waals surface area contributed by atoms with Crippen LogP contribution in [0.5, 0.6) is 0 Å². The standard InChI is InChI=1S/C21H28N4O3/c22-15-21(8-12-28-13-9-21)25-20(27)18(16-4-2-1-3-5-16)14-24-19(26)17-6-10-23-11-7-17/h6-7,10-11,16,18H,1-5,8-9,12-14H2,(H,24,26)(H,25,27). The van der Waals surface area contributed by atoms with Crippen LogP contribution >= 0.6 is 0 Å². The molecule has 2 fully saturated rings. The molecular weight excluding hydrogens is 356 g/mol. The molecule has 7 nitrogen and oxygen atoms in total. The Hall–Kier alpha value is -2.46. The molecule has 1 atom stereocenters. The molecule has 0 spiro atoms. The molecule has 1 aromatic heterocycles. The quantitative estimate of drug-likeness (QED) is 0.782. The Morgan fingerprint density at radius 2 is 1.89 bits per heavy atom. The zero-order chi connectivity index (χ0) is 19.8. The average molecular weight is 384 g/mol. The van der Waals surface area contributed by atoms with E-state index >= 15 is 0 Å². The lowest BCUT2D eigenvalue weighted by molar-refractivity contribution is -0.129. The molecule has 1 saturated heterocycles. The summed E-state index contributed by atoms with van der Waals surface area (Å²) in [5, 5.41) is 15.6. The van der Waals surface area contributed by atoms with Crippen LogP contribution in [0.3, 0.4) is 0 Å². The molecule has 1 unspecified atom stereocenters. The van der Waals surface area contributed by atoms with Gasteiger partial charge in [-0.3, -0.25) is 14.6 Å². The molecule has 150 valence electrons. The maximum Gasteiger partial charge on any atom is 0.251 e. The third kappa shape index (κ3) is 5.08. The first-order valence-electron chi connectivity index (χ1n) is 10.1. The highest BCUT2D eigenvalue weighted by atomic mass is 16.5. The normalized spacial score (nSPS) is 20.5. The highest BCUT2D eigenvalue weighted by Gasteiger charge is 2.38. The first-order valence-corrected chi connectivity index (χ1v) is 10.1. The maximum absolute atomic E-state index is 13.2. The molecule has 0 radical (unpaired) electrons. The lowest BCUT2D eigenvalue weighted by Gasteiger charge is -2.35. The van der Waals surface area contributed by atoms with E-state index in [1.54, 1.807) is 24.5 Å². The van der Waals surface area contributed by atoms with Crippen molar-refractivity contribution in [2.24, 2.45) is 11.8 Å². The fraction of sp³-hybridized carbons (Fsp3) is 0.619. The average Bonchev–Trinajstić information content (AvgIpc) is 2.75. The van der Waals surface area contributed by atoms with Crippen LogP contribution in [0.15, 0.2) is 24.5 Å². The van der Waals surface area contributed by atoms with Gasteiger partial charge in [0.15, 0.2) is 0 Å². The van der Waals surface area contributed by atoms with Gasteiger partial charge >= 0.3 is 0 Å². The van der Waals surface area contributed by atoms with E-state index in [0.717, 1.165) is 25.7 Å². The Bertz CT molecular complexity index is 704. The molecular formula is C21H28N4O3. The Labute approximate surface area is 165 Å². The lowest BCUT2D eigenvalue weighted by Crippen LogP contribution is -2.55. The topological polar surface area (TPSA) is 104 Å². The van der Waals surface area contributed by atoms with Crippen LogP contribution in [0, 0.1) is 23.2 Å². The van der Waals surface area contributed by atoms with E-state index in [-0.39, 0.29) is 30.2 Å². The van der Waals surface area contributed by atoms with E-state index in [4.69, 9.17) is 4.74 Å². The minimum Gasteiger partial charge on any atom is -0.381 e. The summed E-state index contributed by atoms with van der Waals surface area (Å²) in [6.45, 7) is 1.22. The van der Waals surface area contributed by atoms with Crippen LogP contribution in [0.25, 0.3) is 0 Å². The number of aromatic nitrogens is 1. The summed E-state index contributed by atoms with van der Waals surface area (Å²) in [6.07, 6.45) is 9.48. The molecule has 1 saturated carbocycles. The Balaban J connectivity index is 1.68. The first kappa shape index (κ1) is 20.3. The summed E-state index contributed by atoms with van der Waals surface area (Å²) in [7, 11) is 0. The van der Waals surface area contributed by atoms with Gasteiger partial charge in [0.25, 0.3) is 5.91 Å². The number of rotatable bonds is 6. The van der Waals surface area contributed by atoms with Crippen molar-refractivity contribution >= 4 is 11.8 Å². The number of pyridine rings is 1. The highest BCUT2D eigenvalue weighted by Crippen LogP contribution is 2.31. The third-order valence-corrected chi connectivity index (χ3v) is 5.90. The molecule has 2 aliphatic rings. The number of carbonyl (C=O) groups is 2. The largest absolute Gasteiger partial charge is 0.381 e. The van der Waals surface area contributed by atoms with Crippen LogP contribution in [-0.4, -0.2) is 42.1 Å². The van der Waals surface area contributed by atoms with Gasteiger partial charge in [-0.05, 0) is 30.9 Å². The summed E-state index contributed by atoms with van der Waals surface area (Å²) in [6, 6.07) is 5.59. The number of hydrogen-bond acceptors (Lipinski definition) is 5.